The maximum absolute atomic E-state index is 11.7. The van der Waals surface area contributed by atoms with Gasteiger partial charge in [0.25, 0.3) is 5.91 Å². The van der Waals surface area contributed by atoms with Gasteiger partial charge in [0.2, 0.25) is 0 Å². The second kappa shape index (κ2) is 5.70. The Morgan fingerprint density at radius 2 is 2.12 bits per heavy atom. The highest BCUT2D eigenvalue weighted by atomic mass is 32.1. The normalized spacial score (nSPS) is 11.8. The Labute approximate surface area is 108 Å². The minimum absolute atomic E-state index is 0.230. The van der Waals surface area contributed by atoms with E-state index in [0.29, 0.717) is 5.01 Å². The van der Waals surface area contributed by atoms with Crippen LogP contribution in [0.25, 0.3) is 0 Å². The summed E-state index contributed by atoms with van der Waals surface area (Å²) in [6, 6.07) is 9.39. The van der Waals surface area contributed by atoms with Crippen LogP contribution >= 0.6 is 24.0 Å². The van der Waals surface area contributed by atoms with E-state index in [1.165, 1.54) is 11.3 Å². The lowest BCUT2D eigenvalue weighted by atomic mass is 10.3. The van der Waals surface area contributed by atoms with Gasteiger partial charge >= 0.3 is 0 Å². The number of hydrogen-bond acceptors (Lipinski definition) is 5. The Bertz CT molecular complexity index is 473. The second-order valence-electron chi connectivity index (χ2n) is 3.25. The molecule has 1 amide bonds. The smallest absolute Gasteiger partial charge is 0.258 e. The standard InChI is InChI=1S/C11H11N3OS2/c15-10(9(16)11-12-6-7-17-11)14-13-8-4-2-1-3-5-8/h1-7,9,13,16H,(H,14,15). The van der Waals surface area contributed by atoms with Crippen molar-refractivity contribution in [3.05, 3.63) is 46.9 Å². The molecule has 2 N–H and O–H groups in total. The SMILES string of the molecule is O=C(NNc1ccccc1)C(S)c1nccs1. The molecule has 1 heterocycles. The monoisotopic (exact) mass is 265 g/mol. The van der Waals surface area contributed by atoms with Crippen molar-refractivity contribution in [2.24, 2.45) is 0 Å². The van der Waals surface area contributed by atoms with E-state index in [2.05, 4.69) is 28.5 Å². The van der Waals surface area contributed by atoms with Gasteiger partial charge in [-0.05, 0) is 12.1 Å². The van der Waals surface area contributed by atoms with Crippen molar-refractivity contribution >= 4 is 35.6 Å². The van der Waals surface area contributed by atoms with Crippen LogP contribution in [0.5, 0.6) is 0 Å². The van der Waals surface area contributed by atoms with Crippen molar-refractivity contribution in [2.75, 3.05) is 5.43 Å². The number of benzene rings is 1. The number of thiazole rings is 1. The first-order valence-corrected chi connectivity index (χ1v) is 6.35. The van der Waals surface area contributed by atoms with E-state index < -0.39 is 5.25 Å². The maximum atomic E-state index is 11.7. The summed E-state index contributed by atoms with van der Waals surface area (Å²) >= 11 is 5.63. The van der Waals surface area contributed by atoms with Crippen LogP contribution in [0.2, 0.25) is 0 Å². The Morgan fingerprint density at radius 1 is 1.35 bits per heavy atom. The zero-order valence-electron chi connectivity index (χ0n) is 8.83. The summed E-state index contributed by atoms with van der Waals surface area (Å²) in [6.07, 6.45) is 1.65. The summed E-state index contributed by atoms with van der Waals surface area (Å²) in [5.41, 5.74) is 6.22. The molecular weight excluding hydrogens is 254 g/mol. The molecule has 6 heteroatoms. The number of aromatic nitrogens is 1. The molecule has 0 spiro atoms. The molecule has 0 saturated heterocycles. The Balaban J connectivity index is 1.90. The van der Waals surface area contributed by atoms with E-state index in [9.17, 15) is 4.79 Å². The number of anilines is 1. The summed E-state index contributed by atoms with van der Waals surface area (Å²) < 4.78 is 0. The average Bonchev–Trinajstić information content (AvgIpc) is 2.90. The van der Waals surface area contributed by atoms with Crippen LogP contribution < -0.4 is 10.9 Å². The van der Waals surface area contributed by atoms with Gasteiger partial charge in [0.1, 0.15) is 10.3 Å². The first-order chi connectivity index (χ1) is 8.27. The molecule has 0 aliphatic carbocycles. The number of para-hydroxylation sites is 1. The molecule has 1 aromatic carbocycles. The lowest BCUT2D eigenvalue weighted by Gasteiger charge is -2.11. The van der Waals surface area contributed by atoms with Crippen LogP contribution in [0.1, 0.15) is 10.3 Å². The van der Waals surface area contributed by atoms with E-state index in [4.69, 9.17) is 0 Å². The molecule has 0 aliphatic heterocycles. The molecule has 1 unspecified atom stereocenters. The van der Waals surface area contributed by atoms with Gasteiger partial charge in [-0.2, -0.15) is 12.6 Å². The largest absolute Gasteiger partial charge is 0.299 e. The third-order valence-electron chi connectivity index (χ3n) is 2.04. The van der Waals surface area contributed by atoms with Crippen LogP contribution in [0.3, 0.4) is 0 Å². The molecule has 1 atom stereocenters. The van der Waals surface area contributed by atoms with Crippen molar-refractivity contribution in [2.45, 2.75) is 5.25 Å². The molecule has 88 valence electrons. The first kappa shape index (κ1) is 11.9. The van der Waals surface area contributed by atoms with Gasteiger partial charge in [-0.1, -0.05) is 18.2 Å². The molecule has 0 aliphatic rings. The van der Waals surface area contributed by atoms with Crippen molar-refractivity contribution < 1.29 is 4.79 Å². The van der Waals surface area contributed by atoms with E-state index >= 15 is 0 Å². The minimum atomic E-state index is -0.550. The molecular formula is C11H11N3OS2. The predicted octanol–water partition coefficient (Wildman–Crippen LogP) is 2.26. The molecule has 1 aromatic heterocycles. The summed E-state index contributed by atoms with van der Waals surface area (Å²) in [5.74, 6) is -0.230. The fourth-order valence-corrected chi connectivity index (χ4v) is 2.14. The lowest BCUT2D eigenvalue weighted by Crippen LogP contribution is -2.32. The highest BCUT2D eigenvalue weighted by molar-refractivity contribution is 7.81. The maximum Gasteiger partial charge on any atom is 0.258 e. The van der Waals surface area contributed by atoms with Crippen LogP contribution in [0.4, 0.5) is 5.69 Å². The fourth-order valence-electron chi connectivity index (χ4n) is 1.21. The van der Waals surface area contributed by atoms with Gasteiger partial charge in [0, 0.05) is 11.6 Å². The number of carbonyl (C=O) groups excluding carboxylic acids is 1. The lowest BCUT2D eigenvalue weighted by molar-refractivity contribution is -0.120. The molecule has 2 rings (SSSR count). The highest BCUT2D eigenvalue weighted by Crippen LogP contribution is 2.21. The van der Waals surface area contributed by atoms with Gasteiger partial charge in [0.15, 0.2) is 0 Å². The number of carbonyl (C=O) groups is 1. The molecule has 17 heavy (non-hydrogen) atoms. The third-order valence-corrected chi connectivity index (χ3v) is 3.53. The van der Waals surface area contributed by atoms with E-state index in [1.54, 1.807) is 6.20 Å². The van der Waals surface area contributed by atoms with E-state index in [1.807, 2.05) is 35.7 Å². The van der Waals surface area contributed by atoms with Crippen molar-refractivity contribution in [3.63, 3.8) is 0 Å². The van der Waals surface area contributed by atoms with E-state index in [0.717, 1.165) is 5.69 Å². The summed E-state index contributed by atoms with van der Waals surface area (Å²) in [6.45, 7) is 0. The quantitative estimate of drug-likeness (QED) is 0.587. The third kappa shape index (κ3) is 3.21. The number of amides is 1. The van der Waals surface area contributed by atoms with Crippen LogP contribution in [-0.2, 0) is 4.79 Å². The first-order valence-electron chi connectivity index (χ1n) is 4.96. The van der Waals surface area contributed by atoms with Crippen molar-refractivity contribution in [1.82, 2.24) is 10.4 Å². The van der Waals surface area contributed by atoms with Gasteiger partial charge < -0.3 is 0 Å². The summed E-state index contributed by atoms with van der Waals surface area (Å²) in [4.78, 5) is 15.8. The Morgan fingerprint density at radius 3 is 2.76 bits per heavy atom. The summed E-state index contributed by atoms with van der Waals surface area (Å²) in [7, 11) is 0. The molecule has 0 saturated carbocycles. The second-order valence-corrected chi connectivity index (χ2v) is 4.70. The average molecular weight is 265 g/mol. The zero-order chi connectivity index (χ0) is 12.1. The molecule has 2 aromatic rings. The van der Waals surface area contributed by atoms with Gasteiger partial charge in [0.05, 0.1) is 5.69 Å². The molecule has 0 fully saturated rings. The zero-order valence-corrected chi connectivity index (χ0v) is 10.5. The number of nitrogens with zero attached hydrogens (tertiary/aromatic N) is 1. The fraction of sp³-hybridized carbons (Fsp3) is 0.0909. The number of nitrogens with one attached hydrogen (secondary N) is 2. The van der Waals surface area contributed by atoms with Crippen LogP contribution in [0.15, 0.2) is 41.9 Å². The number of hydrazine groups is 1. The number of thiol groups is 1. The van der Waals surface area contributed by atoms with E-state index in [-0.39, 0.29) is 5.91 Å². The Hall–Kier alpha value is -1.53. The van der Waals surface area contributed by atoms with Gasteiger partial charge in [-0.15, -0.1) is 11.3 Å². The van der Waals surface area contributed by atoms with Crippen molar-refractivity contribution in [1.29, 1.82) is 0 Å². The molecule has 0 bridgehead atoms. The van der Waals surface area contributed by atoms with Gasteiger partial charge in [-0.25, -0.2) is 4.98 Å². The van der Waals surface area contributed by atoms with Gasteiger partial charge in [-0.3, -0.25) is 15.6 Å². The highest BCUT2D eigenvalue weighted by Gasteiger charge is 2.18. The van der Waals surface area contributed by atoms with Crippen molar-refractivity contribution in [3.8, 4) is 0 Å². The molecule has 4 nitrogen and oxygen atoms in total. The predicted molar refractivity (Wildman–Crippen MR) is 72.0 cm³/mol. The topological polar surface area (TPSA) is 54.0 Å². The van der Waals surface area contributed by atoms with Crippen LogP contribution in [0, 0.1) is 0 Å². The minimum Gasteiger partial charge on any atom is -0.299 e. The number of hydrogen-bond donors (Lipinski definition) is 3. The van der Waals surface area contributed by atoms with Crippen LogP contribution in [-0.4, -0.2) is 10.9 Å². The molecule has 0 radical (unpaired) electrons. The summed E-state index contributed by atoms with van der Waals surface area (Å²) in [5, 5.41) is 1.95. The Kier molecular flexibility index (Phi) is 4.00. The number of rotatable bonds is 4.